The molecule has 3 rings (SSSR count). The first-order valence-electron chi connectivity index (χ1n) is 6.20. The number of halogens is 2. The molecule has 0 spiro atoms. The van der Waals surface area contributed by atoms with Crippen molar-refractivity contribution in [1.82, 2.24) is 10.2 Å². The summed E-state index contributed by atoms with van der Waals surface area (Å²) in [6, 6.07) is 4.32. The molecule has 1 N–H and O–H groups in total. The molecular formula is C13H14Br2N2OS. The molecule has 3 nitrogen and oxygen atoms in total. The minimum Gasteiger partial charge on any atom is -0.467 e. The molecule has 102 valence electrons. The first-order valence-corrected chi connectivity index (χ1v) is 8.20. The van der Waals surface area contributed by atoms with Crippen LogP contribution in [0.5, 0.6) is 5.75 Å². The van der Waals surface area contributed by atoms with Crippen molar-refractivity contribution in [3.05, 3.63) is 26.6 Å². The molecule has 0 amide bonds. The van der Waals surface area contributed by atoms with E-state index in [4.69, 9.17) is 17.0 Å². The molecule has 2 aliphatic heterocycles. The van der Waals surface area contributed by atoms with Gasteiger partial charge in [0, 0.05) is 23.0 Å². The van der Waals surface area contributed by atoms with Crippen LogP contribution in [0.1, 0.15) is 31.9 Å². The number of nitrogens with zero attached hydrogens (tertiary/aromatic N) is 1. The van der Waals surface area contributed by atoms with E-state index in [1.54, 1.807) is 0 Å². The van der Waals surface area contributed by atoms with Gasteiger partial charge in [0.2, 0.25) is 0 Å². The van der Waals surface area contributed by atoms with Crippen LogP contribution in [0.15, 0.2) is 21.1 Å². The van der Waals surface area contributed by atoms with E-state index in [1.807, 2.05) is 6.07 Å². The summed E-state index contributed by atoms with van der Waals surface area (Å²) in [7, 11) is 0. The van der Waals surface area contributed by atoms with Gasteiger partial charge in [0.1, 0.15) is 5.75 Å². The number of benzene rings is 1. The summed E-state index contributed by atoms with van der Waals surface area (Å²) in [4.78, 5) is 2.11. The van der Waals surface area contributed by atoms with Crippen LogP contribution < -0.4 is 10.1 Å². The summed E-state index contributed by atoms with van der Waals surface area (Å²) < 4.78 is 8.29. The number of thiocarbonyl (C=S) groups is 1. The Balaban J connectivity index is 2.13. The van der Waals surface area contributed by atoms with Crippen molar-refractivity contribution in [3.63, 3.8) is 0 Å². The second-order valence-corrected chi connectivity index (χ2v) is 7.19. The smallest absolute Gasteiger partial charge is 0.184 e. The Morgan fingerprint density at radius 1 is 1.53 bits per heavy atom. The van der Waals surface area contributed by atoms with Gasteiger partial charge in [-0.2, -0.15) is 0 Å². The van der Waals surface area contributed by atoms with Crippen LogP contribution in [0.2, 0.25) is 0 Å². The van der Waals surface area contributed by atoms with Gasteiger partial charge >= 0.3 is 0 Å². The van der Waals surface area contributed by atoms with E-state index >= 15 is 0 Å². The zero-order valence-corrected chi connectivity index (χ0v) is 14.7. The summed E-state index contributed by atoms with van der Waals surface area (Å²) in [6.45, 7) is 5.03. The van der Waals surface area contributed by atoms with Crippen molar-refractivity contribution >= 4 is 49.2 Å². The van der Waals surface area contributed by atoms with Crippen molar-refractivity contribution in [3.8, 4) is 5.75 Å². The molecule has 0 saturated carbocycles. The van der Waals surface area contributed by atoms with Crippen molar-refractivity contribution in [2.45, 2.75) is 32.0 Å². The maximum Gasteiger partial charge on any atom is 0.184 e. The predicted octanol–water partition coefficient (Wildman–Crippen LogP) is 3.96. The fourth-order valence-corrected chi connectivity index (χ4v) is 4.71. The fourth-order valence-electron chi connectivity index (χ4n) is 2.91. The minimum absolute atomic E-state index is 0.206. The highest BCUT2D eigenvalue weighted by Crippen LogP contribution is 2.48. The zero-order valence-electron chi connectivity index (χ0n) is 10.7. The maximum absolute atomic E-state index is 6.28. The van der Waals surface area contributed by atoms with E-state index in [2.05, 4.69) is 62.0 Å². The van der Waals surface area contributed by atoms with Crippen LogP contribution in [0.25, 0.3) is 0 Å². The van der Waals surface area contributed by atoms with Crippen LogP contribution in [0.4, 0.5) is 0 Å². The van der Waals surface area contributed by atoms with E-state index in [9.17, 15) is 0 Å². The first-order chi connectivity index (χ1) is 8.94. The molecule has 1 aromatic rings. The number of fused-ring (bicyclic) bond motifs is 4. The Hall–Kier alpha value is -0.330. The normalized spacial score (nSPS) is 28.5. The van der Waals surface area contributed by atoms with Crippen molar-refractivity contribution < 1.29 is 4.74 Å². The highest BCUT2D eigenvalue weighted by Gasteiger charge is 2.47. The molecule has 0 aromatic heterocycles. The summed E-state index contributed by atoms with van der Waals surface area (Å²) in [5.41, 5.74) is 0.780. The van der Waals surface area contributed by atoms with Crippen LogP contribution in [-0.2, 0) is 0 Å². The van der Waals surface area contributed by atoms with Crippen molar-refractivity contribution in [2.24, 2.45) is 0 Å². The fraction of sp³-hybridized carbons (Fsp3) is 0.462. The molecule has 1 aromatic carbocycles. The maximum atomic E-state index is 6.28. The lowest BCUT2D eigenvalue weighted by molar-refractivity contribution is -0.0664. The highest BCUT2D eigenvalue weighted by atomic mass is 79.9. The van der Waals surface area contributed by atoms with E-state index in [0.717, 1.165) is 38.3 Å². The van der Waals surface area contributed by atoms with Crippen LogP contribution in [0.3, 0.4) is 0 Å². The Labute approximate surface area is 134 Å². The Kier molecular flexibility index (Phi) is 3.30. The number of nitrogens with one attached hydrogen (secondary N) is 1. The zero-order chi connectivity index (χ0) is 13.8. The number of hydrogen-bond donors (Lipinski definition) is 1. The molecule has 2 aliphatic rings. The van der Waals surface area contributed by atoms with Crippen molar-refractivity contribution in [1.29, 1.82) is 0 Å². The molecule has 1 saturated heterocycles. The van der Waals surface area contributed by atoms with Crippen LogP contribution >= 0.6 is 44.1 Å². The lowest BCUT2D eigenvalue weighted by atomic mass is 9.91. The molecule has 2 bridgehead atoms. The quantitative estimate of drug-likeness (QED) is 0.714. The van der Waals surface area contributed by atoms with Gasteiger partial charge in [-0.25, -0.2) is 0 Å². The lowest BCUT2D eigenvalue weighted by Crippen LogP contribution is -2.64. The van der Waals surface area contributed by atoms with Gasteiger partial charge in [-0.1, -0.05) is 15.9 Å². The molecular weight excluding hydrogens is 392 g/mol. The number of ether oxygens (including phenoxy) is 1. The lowest BCUT2D eigenvalue weighted by Gasteiger charge is -2.52. The number of hydrogen-bond acceptors (Lipinski definition) is 2. The molecule has 2 atom stereocenters. The molecule has 0 aliphatic carbocycles. The predicted molar refractivity (Wildman–Crippen MR) is 86.3 cm³/mol. The van der Waals surface area contributed by atoms with E-state index in [0.29, 0.717) is 0 Å². The summed E-state index contributed by atoms with van der Waals surface area (Å²) in [5, 5.41) is 4.19. The molecule has 6 heteroatoms. The van der Waals surface area contributed by atoms with E-state index in [1.165, 1.54) is 0 Å². The Morgan fingerprint density at radius 2 is 2.26 bits per heavy atom. The first kappa shape index (κ1) is 13.6. The average molecular weight is 406 g/mol. The third-order valence-electron chi connectivity index (χ3n) is 3.75. The summed E-state index contributed by atoms with van der Waals surface area (Å²) in [6.07, 6.45) is 0.886. The number of rotatable bonds is 1. The van der Waals surface area contributed by atoms with Crippen LogP contribution in [0, 0.1) is 0 Å². The van der Waals surface area contributed by atoms with Crippen LogP contribution in [-0.4, -0.2) is 22.3 Å². The second kappa shape index (κ2) is 4.60. The highest BCUT2D eigenvalue weighted by molar-refractivity contribution is 9.11. The third-order valence-corrected chi connectivity index (χ3v) is 5.13. The van der Waals surface area contributed by atoms with Gasteiger partial charge in [-0.05, 0) is 54.1 Å². The SMILES string of the molecule is CCN1C(=S)NC2CC1(C)Oc1c(Br)cc(Br)cc12. The van der Waals surface area contributed by atoms with Crippen molar-refractivity contribution in [2.75, 3.05) is 6.54 Å². The largest absolute Gasteiger partial charge is 0.467 e. The van der Waals surface area contributed by atoms with Gasteiger partial charge in [0.15, 0.2) is 10.8 Å². The Morgan fingerprint density at radius 3 is 2.95 bits per heavy atom. The van der Waals surface area contributed by atoms with E-state index < -0.39 is 0 Å². The monoisotopic (exact) mass is 404 g/mol. The molecule has 2 unspecified atom stereocenters. The van der Waals surface area contributed by atoms with Gasteiger partial charge in [0.25, 0.3) is 0 Å². The standard InChI is InChI=1S/C13H14Br2N2OS/c1-3-17-12(19)16-10-6-13(17,2)18-11-8(10)4-7(14)5-9(11)15/h4-5,10H,3,6H2,1-2H3,(H,16,19). The van der Waals surface area contributed by atoms with Gasteiger partial charge in [-0.3, -0.25) is 0 Å². The minimum atomic E-state index is -0.370. The average Bonchev–Trinajstić information content (AvgIpc) is 2.31. The molecule has 1 fully saturated rings. The van der Waals surface area contributed by atoms with Gasteiger partial charge in [-0.15, -0.1) is 0 Å². The molecule has 19 heavy (non-hydrogen) atoms. The topological polar surface area (TPSA) is 24.5 Å². The second-order valence-electron chi connectivity index (χ2n) is 5.03. The van der Waals surface area contributed by atoms with E-state index in [-0.39, 0.29) is 11.8 Å². The summed E-state index contributed by atoms with van der Waals surface area (Å²) in [5.74, 6) is 0.912. The third kappa shape index (κ3) is 2.08. The molecule has 2 heterocycles. The van der Waals surface area contributed by atoms with Gasteiger partial charge in [0.05, 0.1) is 10.5 Å². The molecule has 0 radical (unpaired) electrons. The van der Waals surface area contributed by atoms with Gasteiger partial charge < -0.3 is 15.0 Å². The summed E-state index contributed by atoms with van der Waals surface area (Å²) >= 11 is 12.6. The Bertz CT molecular complexity index is 566.